The lowest BCUT2D eigenvalue weighted by Gasteiger charge is -2.09. The van der Waals surface area contributed by atoms with Crippen LogP contribution in [-0.4, -0.2) is 19.5 Å². The number of H-pyrrole nitrogens is 1. The summed E-state index contributed by atoms with van der Waals surface area (Å²) in [6.07, 6.45) is 7.93. The fourth-order valence-electron chi connectivity index (χ4n) is 5.98. The molecule has 3 aromatic heterocycles. The monoisotopic (exact) mass is 742 g/mol. The van der Waals surface area contributed by atoms with E-state index in [1.54, 1.807) is 18.2 Å². The van der Waals surface area contributed by atoms with E-state index in [4.69, 9.17) is 79.6 Å². The summed E-state index contributed by atoms with van der Waals surface area (Å²) in [7, 11) is 0. The van der Waals surface area contributed by atoms with Gasteiger partial charge in [-0.3, -0.25) is 0 Å². The first-order valence-electron chi connectivity index (χ1n) is 14.7. The molecule has 0 saturated carbocycles. The fourth-order valence-corrected chi connectivity index (χ4v) is 6.87. The van der Waals surface area contributed by atoms with Crippen molar-refractivity contribution in [2.75, 3.05) is 0 Å². The van der Waals surface area contributed by atoms with Gasteiger partial charge in [0.05, 0.1) is 63.9 Å². The van der Waals surface area contributed by atoms with Crippen molar-refractivity contribution in [2.24, 2.45) is 0 Å². The molecule has 1 N–H and O–H groups in total. The van der Waals surface area contributed by atoms with Crippen molar-refractivity contribution in [3.63, 3.8) is 0 Å². The van der Waals surface area contributed by atoms with E-state index in [-0.39, 0.29) is 0 Å². The lowest BCUT2D eigenvalue weighted by Crippen LogP contribution is -1.94. The molecule has 0 aliphatic carbocycles. The van der Waals surface area contributed by atoms with Gasteiger partial charge in [0.15, 0.2) is 0 Å². The lowest BCUT2D eigenvalue weighted by molar-refractivity contribution is 1.17. The number of halogens is 6. The first-order chi connectivity index (χ1) is 23.2. The second-order valence-electron chi connectivity index (χ2n) is 11.2. The summed E-state index contributed by atoms with van der Waals surface area (Å²) in [4.78, 5) is 13.4. The second kappa shape index (κ2) is 12.5. The highest BCUT2D eigenvalue weighted by molar-refractivity contribution is 6.43. The first kappa shape index (κ1) is 31.3. The van der Waals surface area contributed by atoms with Crippen LogP contribution >= 0.6 is 69.6 Å². The zero-order valence-electron chi connectivity index (χ0n) is 24.6. The molecular formula is C38H20Cl6N4. The average Bonchev–Trinajstić information content (AvgIpc) is 3.86. The van der Waals surface area contributed by atoms with Crippen molar-refractivity contribution in [2.45, 2.75) is 0 Å². The Balaban J connectivity index is 1.64. The van der Waals surface area contributed by atoms with Crippen LogP contribution in [0.4, 0.5) is 0 Å². The third-order valence-corrected chi connectivity index (χ3v) is 10.3. The van der Waals surface area contributed by atoms with E-state index in [2.05, 4.69) is 9.55 Å². The fraction of sp³-hybridized carbons (Fsp3) is 0. The molecule has 8 bridgehead atoms. The Morgan fingerprint density at radius 3 is 1.27 bits per heavy atom. The van der Waals surface area contributed by atoms with Crippen LogP contribution in [0.2, 0.25) is 30.1 Å². The van der Waals surface area contributed by atoms with Gasteiger partial charge >= 0.3 is 0 Å². The molecule has 2 aliphatic heterocycles. The van der Waals surface area contributed by atoms with E-state index in [9.17, 15) is 0 Å². The SMILES string of the molecule is Clc1ccc(-c2c(-c3ccc(Cl)c(Cl)c3)c3cc4nc(cc5ccc(cc6nc(cc2n3-c2ccc(Cl)c(Cl)c2)C=C6)[nH]5)C=C4)cc1Cl. The van der Waals surface area contributed by atoms with Crippen LogP contribution < -0.4 is 0 Å². The van der Waals surface area contributed by atoms with Crippen LogP contribution in [0.3, 0.4) is 0 Å². The first-order valence-corrected chi connectivity index (χ1v) is 17.0. The van der Waals surface area contributed by atoms with Crippen molar-refractivity contribution in [3.05, 3.63) is 144 Å². The smallest absolute Gasteiger partial charge is 0.0658 e. The van der Waals surface area contributed by atoms with E-state index in [1.165, 1.54) is 0 Å². The number of aromatic amines is 1. The molecular weight excluding hydrogens is 725 g/mol. The maximum Gasteiger partial charge on any atom is 0.0658 e. The summed E-state index contributed by atoms with van der Waals surface area (Å²) in [6.45, 7) is 0. The number of aromatic nitrogens is 4. The molecule has 0 fully saturated rings. The van der Waals surface area contributed by atoms with E-state index in [0.29, 0.717) is 30.1 Å². The van der Waals surface area contributed by atoms with E-state index in [0.717, 1.165) is 72.8 Å². The Kier molecular flexibility index (Phi) is 8.12. The van der Waals surface area contributed by atoms with Gasteiger partial charge in [-0.05, 0) is 114 Å². The predicted octanol–water partition coefficient (Wildman–Crippen LogP) is 13.4. The minimum absolute atomic E-state index is 0.408. The number of rotatable bonds is 3. The molecule has 4 nitrogen and oxygen atoms in total. The summed E-state index contributed by atoms with van der Waals surface area (Å²) in [5.41, 5.74) is 10.7. The third-order valence-electron chi connectivity index (χ3n) is 8.10. The standard InChI is InChI=1S/C38H20Cl6N4/c39-29-10-1-20(13-32(29)42)37-35-17-26-7-5-24(46-26)15-22-3-4-23(45-22)16-25-6-8-27(47-25)18-36(38(37)21-2-11-30(40)33(43)14-21)48(35)28-9-12-31(41)34(44)19-28/h1-19,45H. The van der Waals surface area contributed by atoms with Crippen molar-refractivity contribution >= 4 is 116 Å². The Morgan fingerprint density at radius 1 is 0.417 bits per heavy atom. The average molecular weight is 745 g/mol. The molecule has 0 unspecified atom stereocenters. The van der Waals surface area contributed by atoms with Crippen LogP contribution in [0, 0.1) is 0 Å². The number of nitrogens with one attached hydrogen (secondary N) is 1. The maximum atomic E-state index is 6.67. The molecule has 48 heavy (non-hydrogen) atoms. The Hall–Kier alpha value is -4.00. The van der Waals surface area contributed by atoms with E-state index in [1.807, 2.05) is 97.1 Å². The summed E-state index contributed by atoms with van der Waals surface area (Å²) in [5.74, 6) is 0. The molecule has 6 aromatic rings. The van der Waals surface area contributed by atoms with Gasteiger partial charge in [0.25, 0.3) is 0 Å². The molecule has 2 aliphatic rings. The van der Waals surface area contributed by atoms with Gasteiger partial charge in [0.1, 0.15) is 0 Å². The molecule has 0 saturated heterocycles. The maximum absolute atomic E-state index is 6.67. The lowest BCUT2D eigenvalue weighted by atomic mass is 9.96. The van der Waals surface area contributed by atoms with Crippen molar-refractivity contribution in [1.29, 1.82) is 0 Å². The van der Waals surface area contributed by atoms with Gasteiger partial charge in [-0.2, -0.15) is 0 Å². The summed E-state index contributed by atoms with van der Waals surface area (Å²) >= 11 is 39.3. The molecule has 0 atom stereocenters. The van der Waals surface area contributed by atoms with E-state index < -0.39 is 0 Å². The largest absolute Gasteiger partial charge is 0.355 e. The molecule has 0 spiro atoms. The van der Waals surface area contributed by atoms with Crippen LogP contribution in [0.5, 0.6) is 0 Å². The number of hydrogen-bond acceptors (Lipinski definition) is 2. The number of hydrogen-bond donors (Lipinski definition) is 1. The quantitative estimate of drug-likeness (QED) is 0.196. The Morgan fingerprint density at radius 2 is 0.833 bits per heavy atom. The van der Waals surface area contributed by atoms with Gasteiger partial charge in [-0.25, -0.2) is 9.97 Å². The zero-order chi connectivity index (χ0) is 33.1. The van der Waals surface area contributed by atoms with Gasteiger partial charge in [-0.15, -0.1) is 0 Å². The van der Waals surface area contributed by atoms with Crippen LogP contribution in [0.25, 0.3) is 74.3 Å². The second-order valence-corrected chi connectivity index (χ2v) is 13.7. The topological polar surface area (TPSA) is 46.5 Å². The predicted molar refractivity (Wildman–Crippen MR) is 205 cm³/mol. The molecule has 3 aromatic carbocycles. The summed E-state index contributed by atoms with van der Waals surface area (Å²) in [5, 5.41) is 2.56. The van der Waals surface area contributed by atoms with Crippen molar-refractivity contribution in [1.82, 2.24) is 19.5 Å². The van der Waals surface area contributed by atoms with Crippen molar-refractivity contribution in [3.8, 4) is 27.9 Å². The van der Waals surface area contributed by atoms with Gasteiger partial charge < -0.3 is 9.55 Å². The van der Waals surface area contributed by atoms with Crippen LogP contribution in [0.1, 0.15) is 22.8 Å². The highest BCUT2D eigenvalue weighted by Crippen LogP contribution is 2.46. The van der Waals surface area contributed by atoms with E-state index >= 15 is 0 Å². The van der Waals surface area contributed by atoms with Gasteiger partial charge in [-0.1, -0.05) is 81.7 Å². The summed E-state index contributed by atoms with van der Waals surface area (Å²) < 4.78 is 2.12. The van der Waals surface area contributed by atoms with Crippen LogP contribution in [-0.2, 0) is 0 Å². The molecule has 0 amide bonds. The Bertz CT molecular complexity index is 2400. The third kappa shape index (κ3) is 5.83. The highest BCUT2D eigenvalue weighted by atomic mass is 35.5. The van der Waals surface area contributed by atoms with Gasteiger partial charge in [0, 0.05) is 27.8 Å². The highest BCUT2D eigenvalue weighted by Gasteiger charge is 2.23. The zero-order valence-corrected chi connectivity index (χ0v) is 29.1. The normalized spacial score (nSPS) is 12.2. The number of nitrogens with zero attached hydrogens (tertiary/aromatic N) is 3. The molecule has 5 heterocycles. The molecule has 0 radical (unpaired) electrons. The molecule has 234 valence electrons. The minimum Gasteiger partial charge on any atom is -0.355 e. The number of fused-ring (bicyclic) bond motifs is 8. The van der Waals surface area contributed by atoms with Gasteiger partial charge in [0.2, 0.25) is 0 Å². The molecule has 8 rings (SSSR count). The van der Waals surface area contributed by atoms with Crippen LogP contribution in [0.15, 0.2) is 91.0 Å². The van der Waals surface area contributed by atoms with Crippen molar-refractivity contribution < 1.29 is 0 Å². The minimum atomic E-state index is 0.408. The summed E-state index contributed by atoms with van der Waals surface area (Å²) in [6, 6.07) is 28.9. The Labute approximate surface area is 305 Å². The number of benzene rings is 3. The molecule has 10 heteroatoms.